The molecule has 8 N–H and O–H groups in total. The summed E-state index contributed by atoms with van der Waals surface area (Å²) in [5, 5.41) is 59.0. The highest BCUT2D eigenvalue weighted by atomic mass is 16.3. The van der Waals surface area contributed by atoms with Crippen molar-refractivity contribution in [1.29, 1.82) is 0 Å². The number of carbonyl (C=O) groups excluding carboxylic acids is 2. The highest BCUT2D eigenvalue weighted by Crippen LogP contribution is 2.01. The van der Waals surface area contributed by atoms with Crippen molar-refractivity contribution in [3.8, 4) is 0 Å². The summed E-state index contributed by atoms with van der Waals surface area (Å²) in [6.45, 7) is -1.14. The molecule has 0 aliphatic rings. The number of nitrogens with one attached hydrogen (secondary N) is 2. The molecule has 0 saturated carbocycles. The van der Waals surface area contributed by atoms with Gasteiger partial charge in [0, 0.05) is 12.8 Å². The summed E-state index contributed by atoms with van der Waals surface area (Å²) in [5.41, 5.74) is -0.425. The lowest BCUT2D eigenvalue weighted by molar-refractivity contribution is 0.0270. The number of aromatic nitrogens is 2. The molecular formula is C14H22N4O8. The van der Waals surface area contributed by atoms with E-state index < -0.39 is 49.7 Å². The highest BCUT2D eigenvalue weighted by Gasteiger charge is 2.18. The van der Waals surface area contributed by atoms with Crippen LogP contribution in [0, 0.1) is 0 Å². The Morgan fingerprint density at radius 2 is 1.15 bits per heavy atom. The normalized spacial score (nSPS) is 15.6. The van der Waals surface area contributed by atoms with Gasteiger partial charge in [0.1, 0.15) is 23.8 Å². The molecule has 0 aliphatic heterocycles. The molecule has 1 rings (SSSR count). The van der Waals surface area contributed by atoms with Gasteiger partial charge in [-0.1, -0.05) is 0 Å². The predicted octanol–water partition coefficient (Wildman–Crippen LogP) is -3.94. The molecule has 0 aromatic carbocycles. The summed E-state index contributed by atoms with van der Waals surface area (Å²) in [7, 11) is 0. The summed E-state index contributed by atoms with van der Waals surface area (Å²) < 4.78 is 0. The molecule has 12 nitrogen and oxygen atoms in total. The van der Waals surface area contributed by atoms with Crippen molar-refractivity contribution in [2.24, 2.45) is 0 Å². The van der Waals surface area contributed by atoms with Crippen molar-refractivity contribution >= 4 is 11.8 Å². The molecule has 4 atom stereocenters. The zero-order valence-corrected chi connectivity index (χ0v) is 13.7. The van der Waals surface area contributed by atoms with Crippen LogP contribution >= 0.6 is 0 Å². The van der Waals surface area contributed by atoms with E-state index in [4.69, 9.17) is 20.4 Å². The van der Waals surface area contributed by atoms with E-state index in [1.807, 2.05) is 0 Å². The van der Waals surface area contributed by atoms with Gasteiger partial charge in [0.05, 0.1) is 37.8 Å². The number of aliphatic hydroxyl groups is 6. The number of hydrogen-bond donors (Lipinski definition) is 8. The summed E-state index contributed by atoms with van der Waals surface area (Å²) in [6, 6.07) is 0. The Bertz CT molecular complexity index is 534. The lowest BCUT2D eigenvalue weighted by Crippen LogP contribution is -2.39. The summed E-state index contributed by atoms with van der Waals surface area (Å²) in [4.78, 5) is 31.1. The summed E-state index contributed by atoms with van der Waals surface area (Å²) in [6.07, 6.45) is -3.86. The lowest BCUT2D eigenvalue weighted by atomic mass is 10.2. The van der Waals surface area contributed by atoms with Crippen LogP contribution in [0.2, 0.25) is 0 Å². The van der Waals surface area contributed by atoms with Crippen molar-refractivity contribution < 1.29 is 40.2 Å². The lowest BCUT2D eigenvalue weighted by Gasteiger charge is -2.16. The molecule has 0 aliphatic carbocycles. The van der Waals surface area contributed by atoms with Gasteiger partial charge in [-0.2, -0.15) is 0 Å². The fourth-order valence-corrected chi connectivity index (χ4v) is 1.80. The first kappa shape index (κ1) is 21.8. The molecule has 2 amide bonds. The number of rotatable bonds is 10. The van der Waals surface area contributed by atoms with Gasteiger partial charge < -0.3 is 41.3 Å². The van der Waals surface area contributed by atoms with Crippen molar-refractivity contribution in [3.63, 3.8) is 0 Å². The Kier molecular flexibility index (Phi) is 8.98. The van der Waals surface area contributed by atoms with Gasteiger partial charge in [0.2, 0.25) is 0 Å². The zero-order chi connectivity index (χ0) is 19.7. The minimum atomic E-state index is -1.41. The third-order valence-electron chi connectivity index (χ3n) is 3.12. The van der Waals surface area contributed by atoms with Gasteiger partial charge in [-0.25, -0.2) is 9.97 Å². The van der Waals surface area contributed by atoms with E-state index >= 15 is 0 Å². The minimum absolute atomic E-state index is 0.213. The summed E-state index contributed by atoms with van der Waals surface area (Å²) >= 11 is 0. The zero-order valence-electron chi connectivity index (χ0n) is 13.7. The van der Waals surface area contributed by atoms with Gasteiger partial charge in [-0.3, -0.25) is 9.59 Å². The quantitative estimate of drug-likeness (QED) is 0.187. The van der Waals surface area contributed by atoms with Crippen molar-refractivity contribution in [1.82, 2.24) is 20.6 Å². The second-order valence-electron chi connectivity index (χ2n) is 5.41. The first-order valence-corrected chi connectivity index (χ1v) is 7.64. The van der Waals surface area contributed by atoms with Gasteiger partial charge >= 0.3 is 0 Å². The van der Waals surface area contributed by atoms with E-state index in [1.54, 1.807) is 0 Å². The molecule has 1 aromatic heterocycles. The van der Waals surface area contributed by atoms with Crippen LogP contribution in [0.5, 0.6) is 0 Å². The van der Waals surface area contributed by atoms with Gasteiger partial charge in [0.25, 0.3) is 11.8 Å². The molecule has 0 spiro atoms. The number of amides is 2. The summed E-state index contributed by atoms with van der Waals surface area (Å²) in [5.74, 6) is -1.62. The van der Waals surface area contributed by atoms with E-state index in [-0.39, 0.29) is 24.2 Å². The Balaban J connectivity index is 2.59. The highest BCUT2D eigenvalue weighted by molar-refractivity contribution is 5.94. The van der Waals surface area contributed by atoms with Crippen LogP contribution in [0.4, 0.5) is 0 Å². The first-order chi connectivity index (χ1) is 12.3. The van der Waals surface area contributed by atoms with Crippen molar-refractivity contribution in [2.45, 2.75) is 37.5 Å². The van der Waals surface area contributed by atoms with Crippen molar-refractivity contribution in [3.05, 3.63) is 23.8 Å². The molecule has 0 radical (unpaired) electrons. The Hall–Kier alpha value is -2.22. The molecule has 0 bridgehead atoms. The number of hydrogen-bond acceptors (Lipinski definition) is 10. The fraction of sp³-hybridized carbons (Fsp3) is 0.571. The van der Waals surface area contributed by atoms with Crippen LogP contribution in [-0.2, 0) is 0 Å². The minimum Gasteiger partial charge on any atom is -0.394 e. The first-order valence-electron chi connectivity index (χ1n) is 7.64. The predicted molar refractivity (Wildman–Crippen MR) is 84.4 cm³/mol. The van der Waals surface area contributed by atoms with Crippen LogP contribution in [0.1, 0.15) is 33.8 Å². The Labute approximate surface area is 148 Å². The van der Waals surface area contributed by atoms with Gasteiger partial charge in [-0.05, 0) is 0 Å². The maximum Gasteiger partial charge on any atom is 0.273 e. The maximum atomic E-state index is 11.8. The molecule has 4 unspecified atom stereocenters. The van der Waals surface area contributed by atoms with Gasteiger partial charge in [-0.15, -0.1) is 0 Å². The fourth-order valence-electron chi connectivity index (χ4n) is 1.80. The SMILES string of the molecule is O=C(NC(O)CC(O)CO)c1cnc(C(=O)NC(O)CC(O)CO)cn1. The molecular weight excluding hydrogens is 352 g/mol. The molecule has 0 saturated heterocycles. The number of nitrogens with zero attached hydrogens (tertiary/aromatic N) is 2. The molecule has 1 aromatic rings. The molecule has 26 heavy (non-hydrogen) atoms. The van der Waals surface area contributed by atoms with Gasteiger partial charge in [0.15, 0.2) is 0 Å². The van der Waals surface area contributed by atoms with Crippen LogP contribution < -0.4 is 10.6 Å². The average Bonchev–Trinajstić information content (AvgIpc) is 2.61. The largest absolute Gasteiger partial charge is 0.394 e. The molecule has 1 heterocycles. The third kappa shape index (κ3) is 7.35. The molecule has 0 fully saturated rings. The number of carbonyl (C=O) groups is 2. The number of aliphatic hydroxyl groups excluding tert-OH is 6. The second-order valence-corrected chi connectivity index (χ2v) is 5.41. The Morgan fingerprint density at radius 1 is 0.808 bits per heavy atom. The Morgan fingerprint density at radius 3 is 1.42 bits per heavy atom. The standard InChI is InChI=1S/C14H22N4O8/c19-5-7(21)1-11(23)17-13(25)9-3-16-10(4-15-9)14(26)18-12(24)2-8(22)6-20/h3-4,7-8,11-12,19-24H,1-2,5-6H2,(H,17,25)(H,18,26). The maximum absolute atomic E-state index is 11.8. The van der Waals surface area contributed by atoms with Crippen LogP contribution in [0.3, 0.4) is 0 Å². The molecule has 12 heteroatoms. The van der Waals surface area contributed by atoms with Crippen LogP contribution in [0.15, 0.2) is 12.4 Å². The molecule has 146 valence electrons. The second kappa shape index (κ2) is 10.7. The third-order valence-corrected chi connectivity index (χ3v) is 3.12. The smallest absolute Gasteiger partial charge is 0.273 e. The van der Waals surface area contributed by atoms with E-state index in [0.717, 1.165) is 12.4 Å². The monoisotopic (exact) mass is 374 g/mol. The topological polar surface area (TPSA) is 205 Å². The van der Waals surface area contributed by atoms with E-state index in [2.05, 4.69) is 20.6 Å². The van der Waals surface area contributed by atoms with Crippen molar-refractivity contribution in [2.75, 3.05) is 13.2 Å². The van der Waals surface area contributed by atoms with E-state index in [9.17, 15) is 19.8 Å². The van der Waals surface area contributed by atoms with E-state index in [0.29, 0.717) is 0 Å². The average molecular weight is 374 g/mol. The van der Waals surface area contributed by atoms with Crippen LogP contribution in [-0.4, -0.2) is 90.3 Å². The van der Waals surface area contributed by atoms with Crippen LogP contribution in [0.25, 0.3) is 0 Å². The van der Waals surface area contributed by atoms with E-state index in [1.165, 1.54) is 0 Å².